The van der Waals surface area contributed by atoms with Crippen LogP contribution in [-0.2, 0) is 23.8 Å². The lowest BCUT2D eigenvalue weighted by Crippen LogP contribution is -2.55. The number of benzene rings is 1. The number of fused-ring (bicyclic) bond motifs is 1. The number of likely N-dealkylation sites (N-methyl/N-ethyl adjacent to an activating group) is 1. The Morgan fingerprint density at radius 1 is 1.22 bits per heavy atom. The molecule has 248 valence electrons. The summed E-state index contributed by atoms with van der Waals surface area (Å²) in [5.74, 6) is -3.96. The number of carbonyl (C=O) groups excluding carboxylic acids is 1. The van der Waals surface area contributed by atoms with Gasteiger partial charge in [0.25, 0.3) is 5.91 Å². The average molecular weight is 648 g/mol. The van der Waals surface area contributed by atoms with Gasteiger partial charge in [-0.05, 0) is 69.7 Å². The Kier molecular flexibility index (Phi) is 9.45. The normalized spacial score (nSPS) is 23.6. The number of rotatable bonds is 7. The van der Waals surface area contributed by atoms with Crippen LogP contribution >= 0.6 is 0 Å². The number of ether oxygens (including phenoxy) is 1. The van der Waals surface area contributed by atoms with E-state index in [-0.39, 0.29) is 62.2 Å². The zero-order valence-electron chi connectivity index (χ0n) is 26.1. The number of likely N-dealkylation sites (tertiary alicyclic amines) is 1. The molecule has 1 aromatic heterocycles. The molecular weight excluding hydrogens is 609 g/mol. The summed E-state index contributed by atoms with van der Waals surface area (Å²) in [5, 5.41) is 9.47. The number of nitrogens with two attached hydrogens (primary N) is 1. The molecule has 4 atom stereocenters. The monoisotopic (exact) mass is 647 g/mol. The topological polar surface area (TPSA) is 112 Å². The molecule has 3 heterocycles. The summed E-state index contributed by atoms with van der Waals surface area (Å²) in [6.45, 7) is 7.86. The van der Waals surface area contributed by atoms with Crippen LogP contribution in [-0.4, -0.2) is 77.6 Å². The van der Waals surface area contributed by atoms with Crippen LogP contribution in [0.25, 0.3) is 0 Å². The number of aromatic nitrogens is 2. The smallest absolute Gasteiger partial charge is 0.417 e. The predicted octanol–water partition coefficient (Wildman–Crippen LogP) is 4.93. The summed E-state index contributed by atoms with van der Waals surface area (Å²) in [7, 11) is 1.99. The molecule has 2 N–H and O–H groups in total. The van der Waals surface area contributed by atoms with Gasteiger partial charge >= 0.3 is 12.2 Å². The van der Waals surface area contributed by atoms with Gasteiger partial charge in [-0.2, -0.15) is 28.4 Å². The number of nitrogens with zero attached hydrogens (tertiary/aromatic N) is 6. The van der Waals surface area contributed by atoms with Gasteiger partial charge in [-0.1, -0.05) is 13.5 Å². The molecule has 9 nitrogen and oxygen atoms in total. The molecule has 0 radical (unpaired) electrons. The number of piperazine rings is 1. The van der Waals surface area contributed by atoms with E-state index in [9.17, 15) is 27.6 Å². The van der Waals surface area contributed by atoms with Crippen molar-refractivity contribution < 1.29 is 31.5 Å². The summed E-state index contributed by atoms with van der Waals surface area (Å²) in [6, 6.07) is 2.58. The Morgan fingerprint density at radius 3 is 2.59 bits per heavy atom. The molecule has 1 amide bonds. The van der Waals surface area contributed by atoms with Gasteiger partial charge in [0.1, 0.15) is 18.2 Å². The zero-order chi connectivity index (χ0) is 33.5. The van der Waals surface area contributed by atoms with Crippen molar-refractivity contribution >= 4 is 17.4 Å². The summed E-state index contributed by atoms with van der Waals surface area (Å²) < 4.78 is 78.5. The van der Waals surface area contributed by atoms with Gasteiger partial charge in [0, 0.05) is 36.8 Å². The predicted molar refractivity (Wildman–Crippen MR) is 161 cm³/mol. The number of hydrogen-bond acceptors (Lipinski definition) is 8. The van der Waals surface area contributed by atoms with Gasteiger partial charge in [0.05, 0.1) is 35.5 Å². The van der Waals surface area contributed by atoms with E-state index < -0.39 is 52.7 Å². The van der Waals surface area contributed by atoms with Crippen molar-refractivity contribution in [2.45, 2.75) is 70.1 Å². The lowest BCUT2D eigenvalue weighted by atomic mass is 9.73. The molecule has 2 fully saturated rings. The number of nitriles is 1. The first kappa shape index (κ1) is 33.4. The zero-order valence-corrected chi connectivity index (χ0v) is 26.1. The van der Waals surface area contributed by atoms with Crippen LogP contribution in [0.15, 0.2) is 18.5 Å². The van der Waals surface area contributed by atoms with Gasteiger partial charge in [0.15, 0.2) is 5.83 Å². The molecule has 0 saturated carbocycles. The number of anilines is 2. The Labute approximate surface area is 264 Å². The van der Waals surface area contributed by atoms with Crippen molar-refractivity contribution in [2.24, 2.45) is 5.92 Å². The first-order valence-electron chi connectivity index (χ1n) is 15.4. The molecule has 2 saturated heterocycles. The lowest BCUT2D eigenvalue weighted by molar-refractivity contribution is -0.139. The van der Waals surface area contributed by atoms with E-state index in [2.05, 4.69) is 22.5 Å². The van der Waals surface area contributed by atoms with Crippen molar-refractivity contribution in [3.05, 3.63) is 52.2 Å². The number of hydrogen-bond donors (Lipinski definition) is 1. The molecule has 0 unspecified atom stereocenters. The van der Waals surface area contributed by atoms with Crippen LogP contribution in [0.4, 0.5) is 33.5 Å². The highest BCUT2D eigenvalue weighted by atomic mass is 19.4. The highest BCUT2D eigenvalue weighted by molar-refractivity contribution is 5.91. The van der Waals surface area contributed by atoms with Gasteiger partial charge < -0.3 is 25.2 Å². The standard InChI is InChI=1S/C32H38F5N7O2/c1-17-12-23-25(14-22(17)26-27(32(35,36)37)18(2)13-24(39)28(26)34)40-31(46-16-21-6-5-9-42(21)4)41-29(23)43-10-11-44(30(45)19(3)33)20(15-43)7-8-38/h13,17,20-22H,3,5-7,9-12,14-16,39H2,1-2,4H3/t17-,20-,21-,22-/m0/s1. The van der Waals surface area contributed by atoms with Crippen LogP contribution in [0.5, 0.6) is 6.01 Å². The van der Waals surface area contributed by atoms with Crippen LogP contribution in [0.1, 0.15) is 60.1 Å². The Balaban J connectivity index is 1.56. The summed E-state index contributed by atoms with van der Waals surface area (Å²) in [5.41, 5.74) is 4.96. The van der Waals surface area contributed by atoms with E-state index in [0.717, 1.165) is 25.5 Å². The second-order valence-corrected chi connectivity index (χ2v) is 12.6. The molecule has 1 aliphatic carbocycles. The molecule has 1 aromatic carbocycles. The lowest BCUT2D eigenvalue weighted by Gasteiger charge is -2.42. The maximum absolute atomic E-state index is 15.6. The fraction of sp³-hybridized carbons (Fsp3) is 0.562. The Morgan fingerprint density at radius 2 is 1.96 bits per heavy atom. The third-order valence-electron chi connectivity index (χ3n) is 9.53. The van der Waals surface area contributed by atoms with Gasteiger partial charge in [-0.3, -0.25) is 4.79 Å². The van der Waals surface area contributed by atoms with Crippen molar-refractivity contribution in [1.29, 1.82) is 5.26 Å². The number of aryl methyl sites for hydroxylation is 1. The maximum atomic E-state index is 15.6. The SMILES string of the molecule is C=C(F)C(=O)N1CCN(c2nc(OC[C@@H]3CCCN3C)nc3c2C[C@H](C)[C@@H](c2c(F)c(N)cc(C)c2C(F)(F)F)C3)C[C@@H]1CC#N. The van der Waals surface area contributed by atoms with E-state index in [1.54, 1.807) is 6.92 Å². The molecule has 14 heteroatoms. The second-order valence-electron chi connectivity index (χ2n) is 12.6. The van der Waals surface area contributed by atoms with Crippen molar-refractivity contribution in [1.82, 2.24) is 19.8 Å². The first-order valence-corrected chi connectivity index (χ1v) is 15.4. The molecule has 0 spiro atoms. The van der Waals surface area contributed by atoms with Crippen LogP contribution < -0.4 is 15.4 Å². The molecule has 46 heavy (non-hydrogen) atoms. The van der Waals surface area contributed by atoms with E-state index in [0.29, 0.717) is 23.7 Å². The van der Waals surface area contributed by atoms with Crippen LogP contribution in [0, 0.1) is 30.0 Å². The Hall–Kier alpha value is -3.99. The molecule has 3 aliphatic rings. The van der Waals surface area contributed by atoms with E-state index in [1.807, 2.05) is 11.9 Å². The quantitative estimate of drug-likeness (QED) is 0.256. The minimum Gasteiger partial charge on any atom is -0.462 e. The van der Waals surface area contributed by atoms with E-state index >= 15 is 4.39 Å². The molecule has 0 bridgehead atoms. The highest BCUT2D eigenvalue weighted by Gasteiger charge is 2.43. The largest absolute Gasteiger partial charge is 0.462 e. The Bertz CT molecular complexity index is 1560. The average Bonchev–Trinajstić information content (AvgIpc) is 3.40. The molecular formula is C32H38F5N7O2. The minimum atomic E-state index is -4.80. The number of halogens is 5. The van der Waals surface area contributed by atoms with E-state index in [1.165, 1.54) is 11.8 Å². The van der Waals surface area contributed by atoms with Crippen LogP contribution in [0.3, 0.4) is 0 Å². The van der Waals surface area contributed by atoms with Crippen LogP contribution in [0.2, 0.25) is 0 Å². The number of carbonyl (C=O) groups is 1. The fourth-order valence-corrected chi connectivity index (χ4v) is 7.14. The maximum Gasteiger partial charge on any atom is 0.417 e. The fourth-order valence-electron chi connectivity index (χ4n) is 7.14. The first-order chi connectivity index (χ1) is 21.7. The summed E-state index contributed by atoms with van der Waals surface area (Å²) >= 11 is 0. The summed E-state index contributed by atoms with van der Waals surface area (Å²) in [6.07, 6.45) is -2.71. The minimum absolute atomic E-state index is 0.0175. The van der Waals surface area contributed by atoms with Crippen molar-refractivity contribution in [3.8, 4) is 12.1 Å². The van der Waals surface area contributed by atoms with Gasteiger partial charge in [0.2, 0.25) is 0 Å². The van der Waals surface area contributed by atoms with Crippen molar-refractivity contribution in [2.75, 3.05) is 50.5 Å². The second kappa shape index (κ2) is 13.0. The third kappa shape index (κ3) is 6.47. The number of nitrogen functional groups attached to an aromatic ring is 1. The summed E-state index contributed by atoms with van der Waals surface area (Å²) in [4.78, 5) is 27.2. The number of amides is 1. The molecule has 2 aromatic rings. The van der Waals surface area contributed by atoms with Gasteiger partial charge in [-0.25, -0.2) is 8.78 Å². The molecule has 5 rings (SSSR count). The third-order valence-corrected chi connectivity index (χ3v) is 9.53. The van der Waals surface area contributed by atoms with Gasteiger partial charge in [-0.15, -0.1) is 0 Å². The van der Waals surface area contributed by atoms with Crippen molar-refractivity contribution in [3.63, 3.8) is 0 Å². The highest BCUT2D eigenvalue weighted by Crippen LogP contribution is 2.47. The molecule has 2 aliphatic heterocycles. The number of alkyl halides is 3. The van der Waals surface area contributed by atoms with E-state index in [4.69, 9.17) is 15.5 Å².